The quantitative estimate of drug-likeness (QED) is 0.369. The number of rotatable bonds is 2. The maximum absolute atomic E-state index is 5.34. The minimum atomic E-state index is 0.662. The Morgan fingerprint density at radius 3 is 2.87 bits per heavy atom. The van der Waals surface area contributed by atoms with E-state index in [0.29, 0.717) is 5.96 Å². The van der Waals surface area contributed by atoms with Gasteiger partial charge < -0.3 is 4.90 Å². The number of hydrazine groups is 1. The number of halogens is 1. The van der Waals surface area contributed by atoms with Crippen LogP contribution in [-0.4, -0.2) is 25.0 Å². The minimum Gasteiger partial charge on any atom is -0.341 e. The number of benzene rings is 1. The third-order valence-corrected chi connectivity index (χ3v) is 2.50. The molecule has 0 atom stereocenters. The van der Waals surface area contributed by atoms with Gasteiger partial charge in [-0.3, -0.25) is 10.4 Å². The predicted molar refractivity (Wildman–Crippen MR) is 66.3 cm³/mol. The molecule has 0 aliphatic carbocycles. The SMILES string of the molecule is CN=C(NN)N(C)Cc1cccc(Br)c1. The lowest BCUT2D eigenvalue weighted by Crippen LogP contribution is -2.42. The summed E-state index contributed by atoms with van der Waals surface area (Å²) in [5.74, 6) is 6.00. The van der Waals surface area contributed by atoms with Crippen molar-refractivity contribution in [1.82, 2.24) is 10.3 Å². The molecule has 82 valence electrons. The van der Waals surface area contributed by atoms with Gasteiger partial charge in [-0.15, -0.1) is 0 Å². The molecule has 0 fully saturated rings. The zero-order valence-corrected chi connectivity index (χ0v) is 10.5. The first-order valence-corrected chi connectivity index (χ1v) is 5.35. The van der Waals surface area contributed by atoms with Gasteiger partial charge in [-0.2, -0.15) is 0 Å². The summed E-state index contributed by atoms with van der Waals surface area (Å²) in [5, 5.41) is 0. The molecule has 4 nitrogen and oxygen atoms in total. The van der Waals surface area contributed by atoms with Crippen LogP contribution >= 0.6 is 15.9 Å². The number of guanidine groups is 1. The number of nitrogens with zero attached hydrogens (tertiary/aromatic N) is 2. The molecule has 1 rings (SSSR count). The average Bonchev–Trinajstić information content (AvgIpc) is 2.19. The van der Waals surface area contributed by atoms with Crippen LogP contribution in [0.2, 0.25) is 0 Å². The Balaban J connectivity index is 2.70. The molecule has 1 aromatic carbocycles. The highest BCUT2D eigenvalue weighted by Gasteiger charge is 2.04. The van der Waals surface area contributed by atoms with Gasteiger partial charge in [0.1, 0.15) is 0 Å². The summed E-state index contributed by atoms with van der Waals surface area (Å²) in [4.78, 5) is 5.97. The van der Waals surface area contributed by atoms with Crippen molar-refractivity contribution in [2.24, 2.45) is 10.8 Å². The fourth-order valence-corrected chi connectivity index (χ4v) is 1.78. The van der Waals surface area contributed by atoms with Gasteiger partial charge in [0.2, 0.25) is 5.96 Å². The summed E-state index contributed by atoms with van der Waals surface area (Å²) in [5.41, 5.74) is 3.75. The highest BCUT2D eigenvalue weighted by Crippen LogP contribution is 2.12. The van der Waals surface area contributed by atoms with Crippen LogP contribution in [0.3, 0.4) is 0 Å². The highest BCUT2D eigenvalue weighted by atomic mass is 79.9. The molecule has 0 amide bonds. The first kappa shape index (κ1) is 12.0. The van der Waals surface area contributed by atoms with E-state index >= 15 is 0 Å². The van der Waals surface area contributed by atoms with Gasteiger partial charge in [0.15, 0.2) is 0 Å². The third kappa shape index (κ3) is 3.53. The molecular weight excluding hydrogens is 256 g/mol. The summed E-state index contributed by atoms with van der Waals surface area (Å²) in [7, 11) is 3.63. The van der Waals surface area contributed by atoms with E-state index in [1.165, 1.54) is 5.56 Å². The van der Waals surface area contributed by atoms with E-state index in [9.17, 15) is 0 Å². The molecule has 0 saturated carbocycles. The van der Waals surface area contributed by atoms with E-state index in [1.54, 1.807) is 7.05 Å². The molecule has 0 spiro atoms. The summed E-state index contributed by atoms with van der Waals surface area (Å²) in [6, 6.07) is 8.14. The fraction of sp³-hybridized carbons (Fsp3) is 0.300. The first-order chi connectivity index (χ1) is 7.17. The highest BCUT2D eigenvalue weighted by molar-refractivity contribution is 9.10. The molecule has 5 heteroatoms. The van der Waals surface area contributed by atoms with Gasteiger partial charge in [-0.25, -0.2) is 5.84 Å². The Hall–Kier alpha value is -1.07. The monoisotopic (exact) mass is 270 g/mol. The van der Waals surface area contributed by atoms with Crippen molar-refractivity contribution in [1.29, 1.82) is 0 Å². The molecule has 0 radical (unpaired) electrons. The van der Waals surface area contributed by atoms with Crippen LogP contribution in [0, 0.1) is 0 Å². The van der Waals surface area contributed by atoms with Crippen molar-refractivity contribution in [2.45, 2.75) is 6.54 Å². The predicted octanol–water partition coefficient (Wildman–Crippen LogP) is 1.33. The van der Waals surface area contributed by atoms with E-state index in [0.717, 1.165) is 11.0 Å². The Bertz CT molecular complexity index is 351. The standard InChI is InChI=1S/C10H15BrN4/c1-13-10(14-12)15(2)7-8-4-3-5-9(11)6-8/h3-6H,7,12H2,1-2H3,(H,13,14). The van der Waals surface area contributed by atoms with Crippen molar-refractivity contribution < 1.29 is 0 Å². The van der Waals surface area contributed by atoms with Crippen LogP contribution in [0.4, 0.5) is 0 Å². The van der Waals surface area contributed by atoms with Crippen LogP contribution in [0.25, 0.3) is 0 Å². The topological polar surface area (TPSA) is 53.6 Å². The minimum absolute atomic E-state index is 0.662. The van der Waals surface area contributed by atoms with Crippen molar-refractivity contribution >= 4 is 21.9 Å². The van der Waals surface area contributed by atoms with Crippen LogP contribution in [0.1, 0.15) is 5.56 Å². The van der Waals surface area contributed by atoms with Gasteiger partial charge in [-0.1, -0.05) is 28.1 Å². The van der Waals surface area contributed by atoms with E-state index in [4.69, 9.17) is 5.84 Å². The molecule has 0 aliphatic rings. The summed E-state index contributed by atoms with van der Waals surface area (Å²) >= 11 is 3.43. The average molecular weight is 271 g/mol. The molecule has 1 aromatic rings. The number of nitrogens with one attached hydrogen (secondary N) is 1. The van der Waals surface area contributed by atoms with Crippen LogP contribution in [0.15, 0.2) is 33.7 Å². The Kier molecular flexibility index (Phi) is 4.58. The number of hydrogen-bond acceptors (Lipinski definition) is 2. The van der Waals surface area contributed by atoms with E-state index < -0.39 is 0 Å². The molecule has 0 bridgehead atoms. The van der Waals surface area contributed by atoms with Crippen LogP contribution < -0.4 is 11.3 Å². The third-order valence-electron chi connectivity index (χ3n) is 2.01. The van der Waals surface area contributed by atoms with Gasteiger partial charge in [0, 0.05) is 25.1 Å². The lowest BCUT2D eigenvalue weighted by molar-refractivity contribution is 0.479. The molecule has 0 saturated heterocycles. The molecular formula is C10H15BrN4. The lowest BCUT2D eigenvalue weighted by atomic mass is 10.2. The van der Waals surface area contributed by atoms with Crippen molar-refractivity contribution in [3.05, 3.63) is 34.3 Å². The summed E-state index contributed by atoms with van der Waals surface area (Å²) < 4.78 is 1.07. The summed E-state index contributed by atoms with van der Waals surface area (Å²) in [6.45, 7) is 0.760. The molecule has 0 aliphatic heterocycles. The van der Waals surface area contributed by atoms with E-state index in [-0.39, 0.29) is 0 Å². The normalized spacial score (nSPS) is 11.3. The lowest BCUT2D eigenvalue weighted by Gasteiger charge is -2.20. The van der Waals surface area contributed by atoms with E-state index in [2.05, 4.69) is 38.5 Å². The fourth-order valence-electron chi connectivity index (χ4n) is 1.33. The Morgan fingerprint density at radius 1 is 1.60 bits per heavy atom. The second kappa shape index (κ2) is 5.72. The second-order valence-corrected chi connectivity index (χ2v) is 4.09. The van der Waals surface area contributed by atoms with Crippen molar-refractivity contribution in [3.63, 3.8) is 0 Å². The van der Waals surface area contributed by atoms with Gasteiger partial charge >= 0.3 is 0 Å². The smallest absolute Gasteiger partial charge is 0.208 e. The summed E-state index contributed by atoms with van der Waals surface area (Å²) in [6.07, 6.45) is 0. The molecule has 0 unspecified atom stereocenters. The molecule has 15 heavy (non-hydrogen) atoms. The first-order valence-electron chi connectivity index (χ1n) is 4.56. The van der Waals surface area contributed by atoms with Gasteiger partial charge in [0.25, 0.3) is 0 Å². The zero-order valence-electron chi connectivity index (χ0n) is 8.87. The van der Waals surface area contributed by atoms with Gasteiger partial charge in [0.05, 0.1) is 0 Å². The number of nitrogens with two attached hydrogens (primary N) is 1. The zero-order chi connectivity index (χ0) is 11.3. The van der Waals surface area contributed by atoms with Crippen LogP contribution in [-0.2, 0) is 6.54 Å². The van der Waals surface area contributed by atoms with E-state index in [1.807, 2.05) is 24.1 Å². The maximum atomic E-state index is 5.34. The Labute approximate surface area is 98.3 Å². The second-order valence-electron chi connectivity index (χ2n) is 3.18. The Morgan fingerprint density at radius 2 is 2.33 bits per heavy atom. The molecule has 0 heterocycles. The van der Waals surface area contributed by atoms with Crippen molar-refractivity contribution in [3.8, 4) is 0 Å². The molecule has 3 N–H and O–H groups in total. The maximum Gasteiger partial charge on any atom is 0.208 e. The largest absolute Gasteiger partial charge is 0.341 e. The molecule has 0 aromatic heterocycles. The van der Waals surface area contributed by atoms with Gasteiger partial charge in [-0.05, 0) is 17.7 Å². The number of hydrogen-bond donors (Lipinski definition) is 2. The number of aliphatic imine (C=N–C) groups is 1. The van der Waals surface area contributed by atoms with Crippen molar-refractivity contribution in [2.75, 3.05) is 14.1 Å². The van der Waals surface area contributed by atoms with Crippen LogP contribution in [0.5, 0.6) is 0 Å².